The smallest absolute Gasteiger partial charge is 0.103 e. The summed E-state index contributed by atoms with van der Waals surface area (Å²) in [6, 6.07) is 6.43. The maximum atomic E-state index is 9.34. The number of aromatic nitrogens is 1. The van der Waals surface area contributed by atoms with E-state index in [1.165, 1.54) is 18.4 Å². The molecule has 0 bridgehead atoms. The van der Waals surface area contributed by atoms with E-state index in [4.69, 9.17) is 4.74 Å². The second kappa shape index (κ2) is 6.33. The quantitative estimate of drug-likeness (QED) is 0.828. The number of aryl methyl sites for hydroxylation is 2. The minimum atomic E-state index is 0.583. The Morgan fingerprint density at radius 3 is 2.91 bits per heavy atom. The van der Waals surface area contributed by atoms with Crippen LogP contribution in [0.25, 0.3) is 10.9 Å². The third-order valence-corrected chi connectivity index (χ3v) is 4.03. The van der Waals surface area contributed by atoms with Gasteiger partial charge in [-0.15, -0.1) is 0 Å². The molecular weight excluding hydrogens is 274 g/mol. The second-order valence-electron chi connectivity index (χ2n) is 6.08. The number of nitriles is 1. The summed E-state index contributed by atoms with van der Waals surface area (Å²) < 4.78 is 5.65. The number of ether oxygens (including phenoxy) is 1. The summed E-state index contributed by atoms with van der Waals surface area (Å²) in [7, 11) is 0. The number of fused-ring (bicyclic) bond motifs is 1. The van der Waals surface area contributed by atoms with Crippen LogP contribution >= 0.6 is 0 Å². The Morgan fingerprint density at radius 1 is 1.36 bits per heavy atom. The number of nitrogens with zero attached hydrogens (tertiary/aromatic N) is 2. The zero-order chi connectivity index (χ0) is 15.5. The molecule has 1 aliphatic carbocycles. The van der Waals surface area contributed by atoms with Gasteiger partial charge in [-0.25, -0.2) is 0 Å². The van der Waals surface area contributed by atoms with Gasteiger partial charge >= 0.3 is 0 Å². The maximum absolute atomic E-state index is 9.34. The predicted octanol–water partition coefficient (Wildman–Crippen LogP) is 3.56. The van der Waals surface area contributed by atoms with E-state index in [1.807, 2.05) is 0 Å². The molecule has 0 saturated heterocycles. The highest BCUT2D eigenvalue weighted by Gasteiger charge is 2.20. The van der Waals surface area contributed by atoms with Gasteiger partial charge in [-0.05, 0) is 44.2 Å². The van der Waals surface area contributed by atoms with Crippen molar-refractivity contribution in [3.63, 3.8) is 0 Å². The molecule has 1 N–H and O–H groups in total. The zero-order valence-corrected chi connectivity index (χ0v) is 13.1. The molecule has 22 heavy (non-hydrogen) atoms. The van der Waals surface area contributed by atoms with Crippen molar-refractivity contribution >= 4 is 16.6 Å². The Labute approximate surface area is 131 Å². The van der Waals surface area contributed by atoms with E-state index in [1.54, 1.807) is 6.20 Å². The highest BCUT2D eigenvalue weighted by Crippen LogP contribution is 2.29. The summed E-state index contributed by atoms with van der Waals surface area (Å²) in [5.74, 6) is 0.779. The summed E-state index contributed by atoms with van der Waals surface area (Å²) >= 11 is 0. The first kappa shape index (κ1) is 14.8. The van der Waals surface area contributed by atoms with Crippen molar-refractivity contribution in [3.8, 4) is 6.07 Å². The van der Waals surface area contributed by atoms with Crippen LogP contribution in [0.1, 0.15) is 29.5 Å². The first-order valence-electron chi connectivity index (χ1n) is 7.80. The molecule has 1 saturated carbocycles. The molecule has 0 aliphatic heterocycles. The Kier molecular flexibility index (Phi) is 4.26. The monoisotopic (exact) mass is 295 g/mol. The van der Waals surface area contributed by atoms with Crippen LogP contribution in [0.15, 0.2) is 18.3 Å². The molecule has 4 nitrogen and oxygen atoms in total. The number of nitrogens with one attached hydrogen (secondary N) is 1. The summed E-state index contributed by atoms with van der Waals surface area (Å²) in [6.45, 7) is 6.34. The lowest BCUT2D eigenvalue weighted by Gasteiger charge is -2.13. The van der Waals surface area contributed by atoms with Gasteiger partial charge in [0.05, 0.1) is 23.4 Å². The van der Waals surface area contributed by atoms with Crippen LogP contribution in [0.3, 0.4) is 0 Å². The average molecular weight is 295 g/mol. The standard InChI is InChI=1S/C18H21N3O/c1-12-7-13(2)17-16(8-12)18(15(9-19)10-21-17)20-5-6-22-11-14-3-4-14/h7-8,10,14H,3-6,11H2,1-2H3,(H,20,21). The molecule has 0 radical (unpaired) electrons. The van der Waals surface area contributed by atoms with Crippen molar-refractivity contribution in [1.29, 1.82) is 5.26 Å². The van der Waals surface area contributed by atoms with Crippen molar-refractivity contribution < 1.29 is 4.74 Å². The van der Waals surface area contributed by atoms with Crippen molar-refractivity contribution in [3.05, 3.63) is 35.0 Å². The lowest BCUT2D eigenvalue weighted by molar-refractivity contribution is 0.134. The molecule has 4 heteroatoms. The third kappa shape index (κ3) is 3.20. The number of anilines is 1. The van der Waals surface area contributed by atoms with Crippen LogP contribution < -0.4 is 5.32 Å². The van der Waals surface area contributed by atoms with Crippen LogP contribution in [0.2, 0.25) is 0 Å². The lowest BCUT2D eigenvalue weighted by Crippen LogP contribution is -2.12. The van der Waals surface area contributed by atoms with Crippen LogP contribution in [0, 0.1) is 31.1 Å². The highest BCUT2D eigenvalue weighted by atomic mass is 16.5. The summed E-state index contributed by atoms with van der Waals surface area (Å²) in [4.78, 5) is 4.44. The Morgan fingerprint density at radius 2 is 2.18 bits per heavy atom. The number of pyridine rings is 1. The highest BCUT2D eigenvalue weighted by molar-refractivity contribution is 5.96. The van der Waals surface area contributed by atoms with Crippen molar-refractivity contribution in [1.82, 2.24) is 4.98 Å². The molecule has 0 unspecified atom stereocenters. The van der Waals surface area contributed by atoms with Crippen LogP contribution in [-0.2, 0) is 4.74 Å². The molecule has 114 valence electrons. The topological polar surface area (TPSA) is 57.9 Å². The van der Waals surface area contributed by atoms with Crippen molar-refractivity contribution in [2.45, 2.75) is 26.7 Å². The molecule has 0 atom stereocenters. The number of hydrogen-bond acceptors (Lipinski definition) is 4. The first-order valence-corrected chi connectivity index (χ1v) is 7.80. The minimum absolute atomic E-state index is 0.583. The van der Waals surface area contributed by atoms with Gasteiger partial charge in [-0.2, -0.15) is 5.26 Å². The fraction of sp³-hybridized carbons (Fsp3) is 0.444. The Balaban J connectivity index is 1.80. The van der Waals surface area contributed by atoms with Crippen LogP contribution in [0.4, 0.5) is 5.69 Å². The van der Waals surface area contributed by atoms with Gasteiger partial charge in [0.15, 0.2) is 0 Å². The van der Waals surface area contributed by atoms with Crippen LogP contribution in [-0.4, -0.2) is 24.7 Å². The first-order chi connectivity index (χ1) is 10.7. The molecule has 1 aliphatic rings. The van der Waals surface area contributed by atoms with E-state index in [-0.39, 0.29) is 0 Å². The Hall–Kier alpha value is -2.12. The second-order valence-corrected chi connectivity index (χ2v) is 6.08. The fourth-order valence-electron chi connectivity index (χ4n) is 2.72. The summed E-state index contributed by atoms with van der Waals surface area (Å²) in [6.07, 6.45) is 4.26. The van der Waals surface area contributed by atoms with E-state index in [2.05, 4.69) is 42.4 Å². The van der Waals surface area contributed by atoms with Crippen molar-refractivity contribution in [2.75, 3.05) is 25.1 Å². The van der Waals surface area contributed by atoms with E-state index in [0.29, 0.717) is 18.7 Å². The van der Waals surface area contributed by atoms with E-state index in [0.717, 1.165) is 34.7 Å². The molecule has 2 aromatic rings. The number of hydrogen-bond donors (Lipinski definition) is 1. The molecule has 3 rings (SSSR count). The van der Waals surface area contributed by atoms with Gasteiger partial charge in [0.2, 0.25) is 0 Å². The zero-order valence-electron chi connectivity index (χ0n) is 13.1. The molecule has 0 amide bonds. The molecule has 1 aromatic heterocycles. The molecular formula is C18H21N3O. The van der Waals surface area contributed by atoms with E-state index in [9.17, 15) is 5.26 Å². The normalized spacial score (nSPS) is 14.0. The van der Waals surface area contributed by atoms with E-state index >= 15 is 0 Å². The predicted molar refractivity (Wildman–Crippen MR) is 88.0 cm³/mol. The van der Waals surface area contributed by atoms with Gasteiger partial charge in [0.25, 0.3) is 0 Å². The SMILES string of the molecule is Cc1cc(C)c2ncc(C#N)c(NCCOCC3CC3)c2c1. The van der Waals surface area contributed by atoms with Gasteiger partial charge < -0.3 is 10.1 Å². The summed E-state index contributed by atoms with van der Waals surface area (Å²) in [5.41, 5.74) is 4.71. The molecule has 1 heterocycles. The molecule has 1 aromatic carbocycles. The van der Waals surface area contributed by atoms with E-state index < -0.39 is 0 Å². The third-order valence-electron chi connectivity index (χ3n) is 4.03. The van der Waals surface area contributed by atoms with Gasteiger partial charge in [0, 0.05) is 24.7 Å². The fourth-order valence-corrected chi connectivity index (χ4v) is 2.72. The van der Waals surface area contributed by atoms with Crippen molar-refractivity contribution in [2.24, 2.45) is 5.92 Å². The summed E-state index contributed by atoms with van der Waals surface area (Å²) in [5, 5.41) is 13.7. The van der Waals surface area contributed by atoms with Gasteiger partial charge in [0.1, 0.15) is 6.07 Å². The number of rotatable bonds is 6. The lowest BCUT2D eigenvalue weighted by atomic mass is 10.0. The maximum Gasteiger partial charge on any atom is 0.103 e. The minimum Gasteiger partial charge on any atom is -0.381 e. The van der Waals surface area contributed by atoms with Gasteiger partial charge in [-0.1, -0.05) is 11.6 Å². The molecule has 0 spiro atoms. The van der Waals surface area contributed by atoms with Gasteiger partial charge in [-0.3, -0.25) is 4.98 Å². The largest absolute Gasteiger partial charge is 0.381 e. The Bertz CT molecular complexity index is 729. The average Bonchev–Trinajstić information content (AvgIpc) is 3.31. The van der Waals surface area contributed by atoms with Crippen LogP contribution in [0.5, 0.6) is 0 Å². The number of benzene rings is 1. The molecule has 1 fully saturated rings.